The molecule has 0 radical (unpaired) electrons. The molecular formula is C19H21NO3. The minimum atomic E-state index is -1.04. The number of aliphatic carboxylic acids is 1. The Hall–Kier alpha value is -2.72. The van der Waals surface area contributed by atoms with E-state index in [2.05, 4.69) is 29.0 Å². The van der Waals surface area contributed by atoms with Crippen LogP contribution in [0.4, 0.5) is 0 Å². The summed E-state index contributed by atoms with van der Waals surface area (Å²) >= 11 is 0. The summed E-state index contributed by atoms with van der Waals surface area (Å²) < 4.78 is 0. The second-order valence-electron chi connectivity index (χ2n) is 5.00. The van der Waals surface area contributed by atoms with Crippen molar-refractivity contribution in [1.29, 1.82) is 0 Å². The highest BCUT2D eigenvalue weighted by molar-refractivity contribution is 5.83. The lowest BCUT2D eigenvalue weighted by molar-refractivity contribution is -0.141. The van der Waals surface area contributed by atoms with Crippen LogP contribution in [-0.2, 0) is 16.0 Å². The van der Waals surface area contributed by atoms with Crippen molar-refractivity contribution in [3.05, 3.63) is 35.9 Å². The summed E-state index contributed by atoms with van der Waals surface area (Å²) in [7, 11) is 0. The van der Waals surface area contributed by atoms with Gasteiger partial charge in [-0.25, -0.2) is 4.79 Å². The van der Waals surface area contributed by atoms with Crippen LogP contribution in [0.5, 0.6) is 0 Å². The van der Waals surface area contributed by atoms with E-state index in [9.17, 15) is 14.7 Å². The number of amides is 1. The lowest BCUT2D eigenvalue weighted by Gasteiger charge is -2.14. The number of hydrogen-bond donors (Lipinski definition) is 2. The molecule has 120 valence electrons. The monoisotopic (exact) mass is 311 g/mol. The maximum Gasteiger partial charge on any atom is 0.326 e. The van der Waals surface area contributed by atoms with E-state index in [0.717, 1.165) is 18.4 Å². The first-order valence-electron chi connectivity index (χ1n) is 7.65. The van der Waals surface area contributed by atoms with Crippen molar-refractivity contribution in [3.63, 3.8) is 0 Å². The fraction of sp³-hybridized carbons (Fsp3) is 0.368. The molecule has 1 aromatic carbocycles. The van der Waals surface area contributed by atoms with E-state index in [1.807, 2.05) is 37.3 Å². The summed E-state index contributed by atoms with van der Waals surface area (Å²) in [6.45, 7) is 2.04. The van der Waals surface area contributed by atoms with E-state index >= 15 is 0 Å². The smallest absolute Gasteiger partial charge is 0.326 e. The van der Waals surface area contributed by atoms with Gasteiger partial charge in [0.2, 0.25) is 5.91 Å². The number of nitrogens with one attached hydrogen (secondary N) is 1. The first kappa shape index (κ1) is 18.3. The van der Waals surface area contributed by atoms with Crippen molar-refractivity contribution in [3.8, 4) is 23.7 Å². The second kappa shape index (κ2) is 10.9. The molecule has 0 saturated heterocycles. The molecule has 0 heterocycles. The Morgan fingerprint density at radius 1 is 1.13 bits per heavy atom. The lowest BCUT2D eigenvalue weighted by Crippen LogP contribution is -2.42. The molecule has 4 nitrogen and oxygen atoms in total. The van der Waals surface area contributed by atoms with E-state index in [0.29, 0.717) is 6.42 Å². The maximum absolute atomic E-state index is 11.8. The number of carbonyl (C=O) groups is 2. The second-order valence-corrected chi connectivity index (χ2v) is 5.00. The Balaban J connectivity index is 2.43. The third kappa shape index (κ3) is 8.34. The van der Waals surface area contributed by atoms with Crippen molar-refractivity contribution in [2.24, 2.45) is 0 Å². The van der Waals surface area contributed by atoms with Crippen LogP contribution in [0.1, 0.15) is 38.2 Å². The quantitative estimate of drug-likeness (QED) is 0.760. The number of hydrogen-bond acceptors (Lipinski definition) is 2. The predicted molar refractivity (Wildman–Crippen MR) is 89.4 cm³/mol. The van der Waals surface area contributed by atoms with E-state index in [-0.39, 0.29) is 18.7 Å². The molecule has 1 amide bonds. The van der Waals surface area contributed by atoms with Gasteiger partial charge in [0.05, 0.1) is 0 Å². The minimum absolute atomic E-state index is 0.168. The molecule has 0 fully saturated rings. The van der Waals surface area contributed by atoms with E-state index in [4.69, 9.17) is 0 Å². The molecule has 0 aromatic heterocycles. The topological polar surface area (TPSA) is 66.4 Å². The Kier molecular flexibility index (Phi) is 8.71. The van der Waals surface area contributed by atoms with Crippen molar-refractivity contribution in [2.75, 3.05) is 0 Å². The lowest BCUT2D eigenvalue weighted by atomic mass is 10.1. The Bertz CT molecular complexity index is 629. The largest absolute Gasteiger partial charge is 0.480 e. The van der Waals surface area contributed by atoms with E-state index in [1.54, 1.807) is 0 Å². The Morgan fingerprint density at radius 3 is 2.39 bits per heavy atom. The molecule has 1 unspecified atom stereocenters. The third-order valence-electron chi connectivity index (χ3n) is 3.01. The standard InChI is InChI=1S/C19H21NO3/c1-2-3-4-5-6-7-11-14-18(21)20-17(19(22)23)15-16-12-9-8-10-13-16/h8-10,12-13,17H,2-3,11,14-15H2,1H3,(H,20,21)(H,22,23). The van der Waals surface area contributed by atoms with Gasteiger partial charge in [0.15, 0.2) is 0 Å². The Labute approximate surface area is 137 Å². The van der Waals surface area contributed by atoms with Crippen molar-refractivity contribution < 1.29 is 14.7 Å². The average molecular weight is 311 g/mol. The molecule has 0 aliphatic carbocycles. The maximum atomic E-state index is 11.8. The van der Waals surface area contributed by atoms with Gasteiger partial charge in [0.1, 0.15) is 6.04 Å². The van der Waals surface area contributed by atoms with Crippen LogP contribution in [0.3, 0.4) is 0 Å². The van der Waals surface area contributed by atoms with Crippen LogP contribution in [0.15, 0.2) is 30.3 Å². The van der Waals surface area contributed by atoms with Gasteiger partial charge in [-0.05, 0) is 23.8 Å². The third-order valence-corrected chi connectivity index (χ3v) is 3.01. The van der Waals surface area contributed by atoms with Gasteiger partial charge in [-0.2, -0.15) is 0 Å². The van der Waals surface area contributed by atoms with Gasteiger partial charge >= 0.3 is 5.97 Å². The summed E-state index contributed by atoms with van der Waals surface area (Å²) in [6.07, 6.45) is 2.60. The van der Waals surface area contributed by atoms with E-state index < -0.39 is 12.0 Å². The molecule has 0 aliphatic heterocycles. The van der Waals surface area contributed by atoms with Crippen molar-refractivity contribution >= 4 is 11.9 Å². The van der Waals surface area contributed by atoms with Crippen molar-refractivity contribution in [1.82, 2.24) is 5.32 Å². The first-order valence-corrected chi connectivity index (χ1v) is 7.65. The van der Waals surface area contributed by atoms with Gasteiger partial charge in [-0.15, -0.1) is 0 Å². The molecule has 1 atom stereocenters. The Morgan fingerprint density at radius 2 is 1.78 bits per heavy atom. The summed E-state index contributed by atoms with van der Waals surface area (Å²) in [5.41, 5.74) is 0.867. The normalized spacial score (nSPS) is 10.5. The first-order chi connectivity index (χ1) is 11.1. The molecule has 0 bridgehead atoms. The predicted octanol–water partition coefficient (Wildman–Crippen LogP) is 2.39. The zero-order chi connectivity index (χ0) is 16.9. The van der Waals surface area contributed by atoms with Crippen LogP contribution in [0, 0.1) is 23.7 Å². The molecule has 0 saturated carbocycles. The molecule has 1 rings (SSSR count). The summed E-state index contributed by atoms with van der Waals surface area (Å²) in [5, 5.41) is 11.7. The fourth-order valence-corrected chi connectivity index (χ4v) is 1.83. The molecule has 0 spiro atoms. The van der Waals surface area contributed by atoms with Crippen LogP contribution in [0.25, 0.3) is 0 Å². The highest BCUT2D eigenvalue weighted by atomic mass is 16.4. The zero-order valence-electron chi connectivity index (χ0n) is 13.3. The number of carbonyl (C=O) groups excluding carboxylic acids is 1. The number of benzene rings is 1. The highest BCUT2D eigenvalue weighted by Crippen LogP contribution is 2.04. The molecule has 0 aliphatic rings. The molecule has 23 heavy (non-hydrogen) atoms. The van der Waals surface area contributed by atoms with Crippen molar-refractivity contribution in [2.45, 2.75) is 45.1 Å². The fourth-order valence-electron chi connectivity index (χ4n) is 1.83. The number of carboxylic acid groups (broad SMARTS) is 1. The average Bonchev–Trinajstić information content (AvgIpc) is 2.54. The van der Waals surface area contributed by atoms with Crippen LogP contribution >= 0.6 is 0 Å². The SMILES string of the molecule is CCCC#CC#CCCC(=O)NC(Cc1ccccc1)C(=O)O. The van der Waals surface area contributed by atoms with Crippen LogP contribution < -0.4 is 5.32 Å². The van der Waals surface area contributed by atoms with Crippen LogP contribution in [0.2, 0.25) is 0 Å². The molecule has 1 aromatic rings. The summed E-state index contributed by atoms with van der Waals surface area (Å²) in [6, 6.07) is 8.28. The van der Waals surface area contributed by atoms with Gasteiger partial charge in [0.25, 0.3) is 0 Å². The van der Waals surface area contributed by atoms with Gasteiger partial charge in [-0.1, -0.05) is 49.1 Å². The molecule has 4 heteroatoms. The number of rotatable bonds is 7. The van der Waals surface area contributed by atoms with Gasteiger partial charge in [0, 0.05) is 25.7 Å². The summed E-state index contributed by atoms with van der Waals surface area (Å²) in [4.78, 5) is 23.1. The molecular weight excluding hydrogens is 290 g/mol. The zero-order valence-corrected chi connectivity index (χ0v) is 13.3. The van der Waals surface area contributed by atoms with Gasteiger partial charge < -0.3 is 10.4 Å². The van der Waals surface area contributed by atoms with Crippen LogP contribution in [-0.4, -0.2) is 23.0 Å². The van der Waals surface area contributed by atoms with Gasteiger partial charge in [-0.3, -0.25) is 4.79 Å². The van der Waals surface area contributed by atoms with E-state index in [1.165, 1.54) is 0 Å². The summed E-state index contributed by atoms with van der Waals surface area (Å²) in [5.74, 6) is 9.73. The highest BCUT2D eigenvalue weighted by Gasteiger charge is 2.19. The minimum Gasteiger partial charge on any atom is -0.480 e. The number of carboxylic acids is 1. The molecule has 2 N–H and O–H groups in total. The number of unbranched alkanes of at least 4 members (excludes halogenated alkanes) is 1.